The average molecular weight is 237 g/mol. The molecule has 1 unspecified atom stereocenters. The third-order valence-corrected chi connectivity index (χ3v) is 3.50. The van der Waals surface area contributed by atoms with E-state index in [2.05, 4.69) is 16.8 Å². The van der Waals surface area contributed by atoms with Crippen LogP contribution in [0.1, 0.15) is 50.3 Å². The van der Waals surface area contributed by atoms with E-state index in [0.29, 0.717) is 12.6 Å². The molecule has 0 saturated carbocycles. The lowest BCUT2D eigenvalue weighted by molar-refractivity contribution is 0.131. The van der Waals surface area contributed by atoms with Crippen molar-refractivity contribution in [1.82, 2.24) is 9.88 Å². The van der Waals surface area contributed by atoms with E-state index in [-0.39, 0.29) is 0 Å². The van der Waals surface area contributed by atoms with Crippen LogP contribution in [0.25, 0.3) is 0 Å². The Labute approximate surface area is 103 Å². The maximum atomic E-state index is 5.85. The number of likely N-dealkylation sites (tertiary alicyclic amines) is 1. The quantitative estimate of drug-likeness (QED) is 0.852. The number of nitrogens with zero attached hydrogens (tertiary/aromatic N) is 2. The van der Waals surface area contributed by atoms with Crippen molar-refractivity contribution in [2.45, 2.75) is 45.1 Å². The van der Waals surface area contributed by atoms with Gasteiger partial charge in [0.1, 0.15) is 5.76 Å². The Morgan fingerprint density at radius 3 is 3.18 bits per heavy atom. The first-order valence-corrected chi connectivity index (χ1v) is 6.74. The highest BCUT2D eigenvalue weighted by molar-refractivity contribution is 5.00. The number of aromatic nitrogens is 1. The molecule has 0 amide bonds. The number of hydrogen-bond donors (Lipinski definition) is 1. The number of hydrogen-bond acceptors (Lipinski definition) is 4. The summed E-state index contributed by atoms with van der Waals surface area (Å²) in [5, 5.41) is 0. The third kappa shape index (κ3) is 3.07. The lowest BCUT2D eigenvalue weighted by Gasteiger charge is -2.32. The van der Waals surface area contributed by atoms with Crippen molar-refractivity contribution in [3.8, 4) is 0 Å². The molecule has 1 fully saturated rings. The normalized spacial score (nSPS) is 21.9. The molecule has 2 rings (SSSR count). The number of nitrogens with two attached hydrogens (primary N) is 1. The summed E-state index contributed by atoms with van der Waals surface area (Å²) < 4.78 is 5.85. The van der Waals surface area contributed by atoms with Crippen LogP contribution in [0.4, 0.5) is 0 Å². The van der Waals surface area contributed by atoms with Crippen molar-refractivity contribution in [2.24, 2.45) is 5.73 Å². The molecule has 2 heterocycles. The van der Waals surface area contributed by atoms with Crippen molar-refractivity contribution < 1.29 is 4.42 Å². The highest BCUT2D eigenvalue weighted by Gasteiger charge is 2.26. The van der Waals surface area contributed by atoms with Crippen LogP contribution in [0, 0.1) is 0 Å². The van der Waals surface area contributed by atoms with Crippen LogP contribution in [0.2, 0.25) is 0 Å². The van der Waals surface area contributed by atoms with Gasteiger partial charge in [0, 0.05) is 6.42 Å². The van der Waals surface area contributed by atoms with Crippen LogP contribution in [0.15, 0.2) is 10.6 Å². The van der Waals surface area contributed by atoms with Gasteiger partial charge in [0.05, 0.1) is 12.2 Å². The van der Waals surface area contributed by atoms with Crippen molar-refractivity contribution in [3.05, 3.63) is 17.8 Å². The van der Waals surface area contributed by atoms with E-state index < -0.39 is 0 Å². The lowest BCUT2D eigenvalue weighted by Crippen LogP contribution is -2.33. The average Bonchev–Trinajstić information content (AvgIpc) is 2.85. The molecule has 0 radical (unpaired) electrons. The van der Waals surface area contributed by atoms with Crippen molar-refractivity contribution in [2.75, 3.05) is 19.6 Å². The van der Waals surface area contributed by atoms with Gasteiger partial charge < -0.3 is 10.2 Å². The SMILES string of the molecule is CCN1CCCCC1c1ncc(CCCN)o1. The number of rotatable bonds is 5. The molecule has 0 spiro atoms. The fraction of sp³-hybridized carbons (Fsp3) is 0.769. The molecule has 1 saturated heterocycles. The molecule has 0 bridgehead atoms. The van der Waals surface area contributed by atoms with Crippen LogP contribution in [0.3, 0.4) is 0 Å². The van der Waals surface area contributed by atoms with Crippen molar-refractivity contribution in [3.63, 3.8) is 0 Å². The first-order valence-electron chi connectivity index (χ1n) is 6.74. The Hall–Kier alpha value is -0.870. The predicted octanol–water partition coefficient (Wildman–Crippen LogP) is 2.11. The lowest BCUT2D eigenvalue weighted by atomic mass is 10.0. The predicted molar refractivity (Wildman–Crippen MR) is 67.7 cm³/mol. The van der Waals surface area contributed by atoms with E-state index in [4.69, 9.17) is 10.2 Å². The zero-order valence-corrected chi connectivity index (χ0v) is 10.7. The minimum absolute atomic E-state index is 0.389. The van der Waals surface area contributed by atoms with Crippen molar-refractivity contribution in [1.29, 1.82) is 0 Å². The van der Waals surface area contributed by atoms with E-state index in [1.165, 1.54) is 25.8 Å². The van der Waals surface area contributed by atoms with Gasteiger partial charge in [-0.25, -0.2) is 4.98 Å². The second kappa shape index (κ2) is 6.17. The summed E-state index contributed by atoms with van der Waals surface area (Å²) >= 11 is 0. The van der Waals surface area contributed by atoms with Gasteiger partial charge in [-0.1, -0.05) is 13.3 Å². The van der Waals surface area contributed by atoms with Crippen LogP contribution in [0.5, 0.6) is 0 Å². The monoisotopic (exact) mass is 237 g/mol. The zero-order chi connectivity index (χ0) is 12.1. The molecule has 1 aromatic rings. The molecule has 2 N–H and O–H groups in total. The standard InChI is InChI=1S/C13H23N3O/c1-2-16-9-4-3-7-12(16)13-15-10-11(17-13)6-5-8-14/h10,12H,2-9,14H2,1H3. The Bertz CT molecular complexity index is 337. The highest BCUT2D eigenvalue weighted by Crippen LogP contribution is 2.30. The summed E-state index contributed by atoms with van der Waals surface area (Å²) in [6.07, 6.45) is 7.49. The van der Waals surface area contributed by atoms with Gasteiger partial charge >= 0.3 is 0 Å². The maximum absolute atomic E-state index is 5.85. The molecular formula is C13H23N3O. The van der Waals surface area contributed by atoms with E-state index in [9.17, 15) is 0 Å². The third-order valence-electron chi connectivity index (χ3n) is 3.50. The summed E-state index contributed by atoms with van der Waals surface area (Å²) in [7, 11) is 0. The first kappa shape index (κ1) is 12.6. The molecule has 1 aliphatic heterocycles. The van der Waals surface area contributed by atoms with Gasteiger partial charge in [-0.2, -0.15) is 0 Å². The van der Waals surface area contributed by atoms with Crippen molar-refractivity contribution >= 4 is 0 Å². The molecule has 17 heavy (non-hydrogen) atoms. The molecule has 1 aliphatic rings. The molecule has 1 atom stereocenters. The topological polar surface area (TPSA) is 55.3 Å². The zero-order valence-electron chi connectivity index (χ0n) is 10.7. The number of oxazole rings is 1. The highest BCUT2D eigenvalue weighted by atomic mass is 16.4. The number of aryl methyl sites for hydroxylation is 1. The number of piperidine rings is 1. The molecular weight excluding hydrogens is 214 g/mol. The second-order valence-electron chi connectivity index (χ2n) is 4.70. The molecule has 1 aromatic heterocycles. The van der Waals surface area contributed by atoms with E-state index in [1.807, 2.05) is 6.20 Å². The fourth-order valence-electron chi connectivity index (χ4n) is 2.52. The van der Waals surface area contributed by atoms with Gasteiger partial charge in [-0.05, 0) is 38.9 Å². The summed E-state index contributed by atoms with van der Waals surface area (Å²) in [4.78, 5) is 6.90. The smallest absolute Gasteiger partial charge is 0.211 e. The van der Waals surface area contributed by atoms with E-state index in [0.717, 1.165) is 31.0 Å². The van der Waals surface area contributed by atoms with Crippen LogP contribution >= 0.6 is 0 Å². The Balaban J connectivity index is 2.02. The summed E-state index contributed by atoms with van der Waals surface area (Å²) in [6.45, 7) is 5.16. The van der Waals surface area contributed by atoms with Crippen LogP contribution < -0.4 is 5.73 Å². The van der Waals surface area contributed by atoms with Gasteiger partial charge in [-0.3, -0.25) is 4.90 Å². The summed E-state index contributed by atoms with van der Waals surface area (Å²) in [5.74, 6) is 1.88. The Kier molecular flexibility index (Phi) is 4.57. The minimum atomic E-state index is 0.389. The van der Waals surface area contributed by atoms with Gasteiger partial charge in [0.25, 0.3) is 0 Å². The van der Waals surface area contributed by atoms with E-state index >= 15 is 0 Å². The van der Waals surface area contributed by atoms with Crippen LogP contribution in [-0.4, -0.2) is 29.5 Å². The van der Waals surface area contributed by atoms with Gasteiger partial charge in [0.15, 0.2) is 0 Å². The van der Waals surface area contributed by atoms with Crippen LogP contribution in [-0.2, 0) is 6.42 Å². The van der Waals surface area contributed by atoms with E-state index in [1.54, 1.807) is 0 Å². The maximum Gasteiger partial charge on any atom is 0.211 e. The largest absolute Gasteiger partial charge is 0.444 e. The summed E-state index contributed by atoms with van der Waals surface area (Å²) in [6, 6.07) is 0.389. The minimum Gasteiger partial charge on any atom is -0.444 e. The second-order valence-corrected chi connectivity index (χ2v) is 4.70. The van der Waals surface area contributed by atoms with Gasteiger partial charge in [0.2, 0.25) is 5.89 Å². The van der Waals surface area contributed by atoms with Gasteiger partial charge in [-0.15, -0.1) is 0 Å². The molecule has 96 valence electrons. The molecule has 4 heteroatoms. The molecule has 0 aliphatic carbocycles. The molecule has 0 aromatic carbocycles. The first-order chi connectivity index (χ1) is 8.35. The summed E-state index contributed by atoms with van der Waals surface area (Å²) in [5.41, 5.74) is 5.50. The fourth-order valence-corrected chi connectivity index (χ4v) is 2.52. The Morgan fingerprint density at radius 1 is 1.53 bits per heavy atom. The Morgan fingerprint density at radius 2 is 2.41 bits per heavy atom. The molecule has 4 nitrogen and oxygen atoms in total.